The Labute approximate surface area is 268 Å². The summed E-state index contributed by atoms with van der Waals surface area (Å²) in [5, 5.41) is 6.40. The standard InChI is InChI=1S/C34H41N7O3S/c1-22-15-23(18-44-19-24-20-45-21-35-24)9-10-25(22)32(42)37-34(11-12-34)27-16-29(36-28-8-6-5-7-26(27)28)30-17-31(39-38-30)33(43)41(4)14-13-40(2)3/h5-10,15-16,20-21,30-31,38-39H,11-14,17-19H2,1-4H3,(H,37,42). The van der Waals surface area contributed by atoms with Gasteiger partial charge in [0, 0.05) is 36.5 Å². The van der Waals surface area contributed by atoms with Crippen LogP contribution in [0.5, 0.6) is 0 Å². The van der Waals surface area contributed by atoms with E-state index in [0.29, 0.717) is 31.7 Å². The third-order valence-electron chi connectivity index (χ3n) is 8.71. The predicted octanol–water partition coefficient (Wildman–Crippen LogP) is 4.06. The van der Waals surface area contributed by atoms with E-state index in [4.69, 9.17) is 9.72 Å². The lowest BCUT2D eigenvalue weighted by Crippen LogP contribution is -2.45. The molecule has 1 saturated carbocycles. The van der Waals surface area contributed by atoms with Gasteiger partial charge in [-0.1, -0.05) is 30.3 Å². The monoisotopic (exact) mass is 627 g/mol. The molecule has 45 heavy (non-hydrogen) atoms. The Hall–Kier alpha value is -3.74. The number of fused-ring (bicyclic) bond motifs is 1. The normalized spacial score (nSPS) is 18.8. The van der Waals surface area contributed by atoms with Crippen LogP contribution in [0.1, 0.15) is 63.7 Å². The van der Waals surface area contributed by atoms with Crippen molar-refractivity contribution in [3.05, 3.63) is 93.1 Å². The van der Waals surface area contributed by atoms with Gasteiger partial charge < -0.3 is 19.9 Å². The minimum atomic E-state index is -0.468. The number of aromatic nitrogens is 2. The zero-order valence-corrected chi connectivity index (χ0v) is 27.1. The minimum Gasteiger partial charge on any atom is -0.370 e. The van der Waals surface area contributed by atoms with Crippen molar-refractivity contribution >= 4 is 34.1 Å². The van der Waals surface area contributed by atoms with E-state index in [-0.39, 0.29) is 23.9 Å². The molecule has 2 aliphatic rings. The lowest BCUT2D eigenvalue weighted by Gasteiger charge is -2.23. The van der Waals surface area contributed by atoms with E-state index in [1.165, 1.54) is 0 Å². The number of ether oxygens (including phenoxy) is 1. The summed E-state index contributed by atoms with van der Waals surface area (Å²) < 4.78 is 5.82. The Morgan fingerprint density at radius 2 is 1.89 bits per heavy atom. The maximum absolute atomic E-state index is 13.7. The van der Waals surface area contributed by atoms with E-state index in [9.17, 15) is 9.59 Å². The molecule has 2 aromatic heterocycles. The molecule has 6 rings (SSSR count). The Morgan fingerprint density at radius 1 is 1.07 bits per heavy atom. The summed E-state index contributed by atoms with van der Waals surface area (Å²) >= 11 is 1.55. The number of para-hydroxylation sites is 1. The molecule has 2 fully saturated rings. The van der Waals surface area contributed by atoms with Crippen molar-refractivity contribution in [2.75, 3.05) is 34.2 Å². The molecule has 236 valence electrons. The number of hydrogen-bond donors (Lipinski definition) is 3. The highest BCUT2D eigenvalue weighted by atomic mass is 32.1. The first-order chi connectivity index (χ1) is 21.7. The molecule has 3 N–H and O–H groups in total. The average molecular weight is 628 g/mol. The Kier molecular flexibility index (Phi) is 9.25. The van der Waals surface area contributed by atoms with Crippen molar-refractivity contribution in [3.63, 3.8) is 0 Å². The van der Waals surface area contributed by atoms with E-state index < -0.39 is 5.54 Å². The quantitative estimate of drug-likeness (QED) is 0.216. The SMILES string of the molecule is Cc1cc(COCc2cscn2)ccc1C(=O)NC1(c2cc(C3CC(C(=O)N(C)CCN(C)C)NN3)nc3ccccc23)CC1. The first kappa shape index (κ1) is 31.3. The highest BCUT2D eigenvalue weighted by Crippen LogP contribution is 2.48. The number of nitrogens with one attached hydrogen (secondary N) is 3. The molecule has 11 heteroatoms. The van der Waals surface area contributed by atoms with Crippen LogP contribution in [0.2, 0.25) is 0 Å². The largest absolute Gasteiger partial charge is 0.370 e. The minimum absolute atomic E-state index is 0.0613. The number of carbonyl (C=O) groups excluding carboxylic acids is 2. The second kappa shape index (κ2) is 13.3. The van der Waals surface area contributed by atoms with Gasteiger partial charge in [-0.3, -0.25) is 14.6 Å². The van der Waals surface area contributed by atoms with Gasteiger partial charge in [-0.2, -0.15) is 0 Å². The number of rotatable bonds is 12. The maximum atomic E-state index is 13.7. The van der Waals surface area contributed by atoms with Crippen molar-refractivity contribution in [2.45, 2.75) is 57.0 Å². The molecule has 1 saturated heterocycles. The summed E-state index contributed by atoms with van der Waals surface area (Å²) in [6, 6.07) is 15.6. The van der Waals surface area contributed by atoms with Gasteiger partial charge >= 0.3 is 0 Å². The van der Waals surface area contributed by atoms with Crippen molar-refractivity contribution in [1.29, 1.82) is 0 Å². The second-order valence-corrected chi connectivity index (χ2v) is 13.2. The number of thiazole rings is 1. The molecule has 1 aliphatic heterocycles. The van der Waals surface area contributed by atoms with Crippen LogP contribution in [0, 0.1) is 6.92 Å². The fourth-order valence-electron chi connectivity index (χ4n) is 5.93. The van der Waals surface area contributed by atoms with Crippen molar-refractivity contribution in [1.82, 2.24) is 35.9 Å². The van der Waals surface area contributed by atoms with Crippen LogP contribution < -0.4 is 16.2 Å². The van der Waals surface area contributed by atoms with Crippen LogP contribution in [0.3, 0.4) is 0 Å². The number of likely N-dealkylation sites (N-methyl/N-ethyl adjacent to an activating group) is 2. The molecular formula is C34H41N7O3S. The zero-order chi connectivity index (χ0) is 31.6. The summed E-state index contributed by atoms with van der Waals surface area (Å²) in [7, 11) is 5.85. The highest BCUT2D eigenvalue weighted by molar-refractivity contribution is 7.07. The summed E-state index contributed by atoms with van der Waals surface area (Å²) in [6.07, 6.45) is 2.29. The van der Waals surface area contributed by atoms with Crippen LogP contribution in [-0.2, 0) is 28.3 Å². The fourth-order valence-corrected chi connectivity index (χ4v) is 6.48. The van der Waals surface area contributed by atoms with E-state index in [2.05, 4.69) is 38.2 Å². The molecule has 10 nitrogen and oxygen atoms in total. The Morgan fingerprint density at radius 3 is 2.62 bits per heavy atom. The molecule has 3 heterocycles. The highest BCUT2D eigenvalue weighted by Gasteiger charge is 2.47. The van der Waals surface area contributed by atoms with Gasteiger partial charge in [0.1, 0.15) is 6.04 Å². The fraction of sp³-hybridized carbons (Fsp3) is 0.412. The number of carbonyl (C=O) groups is 2. The molecule has 0 bridgehead atoms. The number of pyridine rings is 1. The van der Waals surface area contributed by atoms with Crippen molar-refractivity contribution in [2.24, 2.45) is 0 Å². The summed E-state index contributed by atoms with van der Waals surface area (Å²) in [5.41, 5.74) is 14.2. The number of nitrogens with zero attached hydrogens (tertiary/aromatic N) is 4. The summed E-state index contributed by atoms with van der Waals surface area (Å²) in [4.78, 5) is 39.9. The smallest absolute Gasteiger partial charge is 0.252 e. The molecule has 2 amide bonds. The molecule has 4 aromatic rings. The van der Waals surface area contributed by atoms with Crippen LogP contribution in [-0.4, -0.2) is 71.9 Å². The van der Waals surface area contributed by atoms with Gasteiger partial charge in [-0.15, -0.1) is 11.3 Å². The first-order valence-electron chi connectivity index (χ1n) is 15.4. The van der Waals surface area contributed by atoms with Gasteiger partial charge in [-0.25, -0.2) is 15.8 Å². The van der Waals surface area contributed by atoms with E-state index in [1.54, 1.807) is 21.7 Å². The van der Waals surface area contributed by atoms with E-state index >= 15 is 0 Å². The summed E-state index contributed by atoms with van der Waals surface area (Å²) in [6.45, 7) is 4.36. The van der Waals surface area contributed by atoms with Gasteiger partial charge in [0.15, 0.2) is 0 Å². The predicted molar refractivity (Wildman–Crippen MR) is 176 cm³/mol. The molecular weight excluding hydrogens is 586 g/mol. The molecule has 2 atom stereocenters. The molecule has 2 aromatic carbocycles. The number of aryl methyl sites for hydroxylation is 1. The van der Waals surface area contributed by atoms with Crippen LogP contribution in [0.4, 0.5) is 0 Å². The third-order valence-corrected chi connectivity index (χ3v) is 9.34. The molecule has 0 radical (unpaired) electrons. The van der Waals surface area contributed by atoms with E-state index in [1.807, 2.05) is 69.8 Å². The lowest BCUT2D eigenvalue weighted by atomic mass is 9.95. The summed E-state index contributed by atoms with van der Waals surface area (Å²) in [5.74, 6) is -0.0272. The van der Waals surface area contributed by atoms with Gasteiger partial charge in [-0.05, 0) is 75.2 Å². The molecule has 0 spiro atoms. The van der Waals surface area contributed by atoms with E-state index in [0.717, 1.165) is 58.4 Å². The second-order valence-electron chi connectivity index (χ2n) is 12.5. The topological polar surface area (TPSA) is 112 Å². The zero-order valence-electron chi connectivity index (χ0n) is 26.3. The van der Waals surface area contributed by atoms with Crippen molar-refractivity contribution < 1.29 is 14.3 Å². The van der Waals surface area contributed by atoms with Gasteiger partial charge in [0.2, 0.25) is 5.91 Å². The number of hydrogen-bond acceptors (Lipinski definition) is 9. The number of benzene rings is 2. The molecule has 1 aliphatic carbocycles. The number of amides is 2. The van der Waals surface area contributed by atoms with Gasteiger partial charge in [0.25, 0.3) is 5.91 Å². The lowest BCUT2D eigenvalue weighted by molar-refractivity contribution is -0.132. The van der Waals surface area contributed by atoms with Crippen LogP contribution in [0.25, 0.3) is 10.9 Å². The Bertz CT molecular complexity index is 1670. The van der Waals surface area contributed by atoms with Gasteiger partial charge in [0.05, 0.1) is 47.2 Å². The van der Waals surface area contributed by atoms with Crippen molar-refractivity contribution in [3.8, 4) is 0 Å². The van der Waals surface area contributed by atoms with Crippen LogP contribution >= 0.6 is 11.3 Å². The van der Waals surface area contributed by atoms with Crippen LogP contribution in [0.15, 0.2) is 59.4 Å². The maximum Gasteiger partial charge on any atom is 0.252 e. The Balaban J connectivity index is 1.17. The number of hydrazine groups is 1. The molecule has 2 unspecified atom stereocenters. The average Bonchev–Trinajstić information content (AvgIpc) is 3.39. The first-order valence-corrected chi connectivity index (χ1v) is 16.3. The third kappa shape index (κ3) is 7.08.